The van der Waals surface area contributed by atoms with Gasteiger partial charge in [0.25, 0.3) is 0 Å². The van der Waals surface area contributed by atoms with E-state index in [1.165, 1.54) is 0 Å². The third-order valence-electron chi connectivity index (χ3n) is 2.74. The SMILES string of the molecule is CC(=NNc1nncc2ccccc12)C(C)C. The standard InChI is InChI=1S/C13H16N4/c1-9(2)10(3)15-17-13-12-7-5-4-6-11(12)8-14-16-13/h4-9H,1-3H3,(H,16,17). The Morgan fingerprint density at radius 2 is 2.06 bits per heavy atom. The number of hydrogen-bond donors (Lipinski definition) is 1. The van der Waals surface area contributed by atoms with Gasteiger partial charge in [-0.3, -0.25) is 5.43 Å². The summed E-state index contributed by atoms with van der Waals surface area (Å²) in [5, 5.41) is 14.4. The molecule has 0 unspecified atom stereocenters. The van der Waals surface area contributed by atoms with Crippen molar-refractivity contribution in [3.05, 3.63) is 30.5 Å². The first-order valence-corrected chi connectivity index (χ1v) is 5.69. The number of benzene rings is 1. The smallest absolute Gasteiger partial charge is 0.176 e. The number of nitrogens with one attached hydrogen (secondary N) is 1. The van der Waals surface area contributed by atoms with Crippen LogP contribution in [0.2, 0.25) is 0 Å². The van der Waals surface area contributed by atoms with Crippen molar-refractivity contribution in [3.63, 3.8) is 0 Å². The Bertz CT molecular complexity index is 541. The molecule has 4 nitrogen and oxygen atoms in total. The Balaban J connectivity index is 2.33. The molecule has 0 aliphatic rings. The highest BCUT2D eigenvalue weighted by atomic mass is 15.3. The maximum atomic E-state index is 4.31. The van der Waals surface area contributed by atoms with E-state index in [-0.39, 0.29) is 0 Å². The Kier molecular flexibility index (Phi) is 3.32. The molecule has 2 aromatic rings. The van der Waals surface area contributed by atoms with E-state index in [9.17, 15) is 0 Å². The number of nitrogens with zero attached hydrogens (tertiary/aromatic N) is 3. The monoisotopic (exact) mass is 228 g/mol. The minimum atomic E-state index is 0.422. The topological polar surface area (TPSA) is 50.2 Å². The zero-order chi connectivity index (χ0) is 12.3. The Labute approximate surface area is 101 Å². The molecule has 88 valence electrons. The van der Waals surface area contributed by atoms with Crippen molar-refractivity contribution >= 4 is 22.3 Å². The van der Waals surface area contributed by atoms with E-state index in [2.05, 4.69) is 34.6 Å². The van der Waals surface area contributed by atoms with Crippen LogP contribution in [0.25, 0.3) is 10.8 Å². The number of fused-ring (bicyclic) bond motifs is 1. The number of hydrogen-bond acceptors (Lipinski definition) is 4. The predicted molar refractivity (Wildman–Crippen MR) is 71.1 cm³/mol. The highest BCUT2D eigenvalue weighted by molar-refractivity contribution is 5.91. The van der Waals surface area contributed by atoms with E-state index in [1.807, 2.05) is 31.2 Å². The van der Waals surface area contributed by atoms with Crippen LogP contribution < -0.4 is 5.43 Å². The maximum absolute atomic E-state index is 4.31. The molecule has 0 saturated carbocycles. The summed E-state index contributed by atoms with van der Waals surface area (Å²) in [4.78, 5) is 0. The first-order valence-electron chi connectivity index (χ1n) is 5.69. The number of hydrazone groups is 1. The van der Waals surface area contributed by atoms with Crippen molar-refractivity contribution in [3.8, 4) is 0 Å². The summed E-state index contributed by atoms with van der Waals surface area (Å²) >= 11 is 0. The second-order valence-corrected chi connectivity index (χ2v) is 4.30. The Morgan fingerprint density at radius 3 is 2.82 bits per heavy atom. The average Bonchev–Trinajstić information content (AvgIpc) is 2.35. The van der Waals surface area contributed by atoms with Crippen molar-refractivity contribution in [1.82, 2.24) is 10.2 Å². The molecule has 0 fully saturated rings. The van der Waals surface area contributed by atoms with Crippen molar-refractivity contribution < 1.29 is 0 Å². The molecule has 0 atom stereocenters. The number of anilines is 1. The van der Waals surface area contributed by atoms with Gasteiger partial charge in [0.15, 0.2) is 5.82 Å². The molecular weight excluding hydrogens is 212 g/mol. The fraction of sp³-hybridized carbons (Fsp3) is 0.308. The minimum Gasteiger partial charge on any atom is -0.259 e. The van der Waals surface area contributed by atoms with Gasteiger partial charge in [-0.2, -0.15) is 10.2 Å². The average molecular weight is 228 g/mol. The first kappa shape index (κ1) is 11.5. The van der Waals surface area contributed by atoms with Gasteiger partial charge in [-0.25, -0.2) is 0 Å². The van der Waals surface area contributed by atoms with E-state index < -0.39 is 0 Å². The molecule has 0 amide bonds. The summed E-state index contributed by atoms with van der Waals surface area (Å²) in [6.07, 6.45) is 1.75. The van der Waals surface area contributed by atoms with Crippen LogP contribution in [0.5, 0.6) is 0 Å². The lowest BCUT2D eigenvalue weighted by molar-refractivity contribution is 0.873. The fourth-order valence-electron chi connectivity index (χ4n) is 1.38. The molecular formula is C13H16N4. The molecule has 4 heteroatoms. The third kappa shape index (κ3) is 2.58. The van der Waals surface area contributed by atoms with Crippen LogP contribution in [0.15, 0.2) is 35.6 Å². The van der Waals surface area contributed by atoms with Crippen molar-refractivity contribution in [2.75, 3.05) is 5.43 Å². The van der Waals surface area contributed by atoms with Crippen molar-refractivity contribution in [1.29, 1.82) is 0 Å². The van der Waals surface area contributed by atoms with Crippen LogP contribution in [0.3, 0.4) is 0 Å². The summed E-state index contributed by atoms with van der Waals surface area (Å²) in [6, 6.07) is 7.98. The fourth-order valence-corrected chi connectivity index (χ4v) is 1.38. The summed E-state index contributed by atoms with van der Waals surface area (Å²) in [5.41, 5.74) is 4.02. The van der Waals surface area contributed by atoms with Gasteiger partial charge < -0.3 is 0 Å². The van der Waals surface area contributed by atoms with Crippen LogP contribution in [-0.4, -0.2) is 15.9 Å². The van der Waals surface area contributed by atoms with Gasteiger partial charge in [-0.05, 0) is 12.8 Å². The molecule has 1 aromatic carbocycles. The van der Waals surface area contributed by atoms with E-state index in [1.54, 1.807) is 6.20 Å². The molecule has 1 aromatic heterocycles. The molecule has 0 radical (unpaired) electrons. The zero-order valence-corrected chi connectivity index (χ0v) is 10.3. The third-order valence-corrected chi connectivity index (χ3v) is 2.74. The first-order chi connectivity index (χ1) is 8.18. The molecule has 0 spiro atoms. The maximum Gasteiger partial charge on any atom is 0.176 e. The van der Waals surface area contributed by atoms with Gasteiger partial charge in [0.2, 0.25) is 0 Å². The van der Waals surface area contributed by atoms with Gasteiger partial charge >= 0.3 is 0 Å². The second kappa shape index (κ2) is 4.91. The zero-order valence-electron chi connectivity index (χ0n) is 10.3. The Morgan fingerprint density at radius 1 is 1.29 bits per heavy atom. The normalized spacial score (nSPS) is 12.1. The minimum absolute atomic E-state index is 0.422. The van der Waals surface area contributed by atoms with Crippen LogP contribution >= 0.6 is 0 Å². The lowest BCUT2D eigenvalue weighted by Gasteiger charge is -2.06. The van der Waals surface area contributed by atoms with Gasteiger partial charge in [0, 0.05) is 16.5 Å². The van der Waals surface area contributed by atoms with E-state index in [0.717, 1.165) is 16.5 Å². The number of aromatic nitrogens is 2. The highest BCUT2D eigenvalue weighted by Gasteiger charge is 2.02. The summed E-state index contributed by atoms with van der Waals surface area (Å²) < 4.78 is 0. The van der Waals surface area contributed by atoms with E-state index in [4.69, 9.17) is 0 Å². The van der Waals surface area contributed by atoms with Crippen LogP contribution in [0.4, 0.5) is 5.82 Å². The summed E-state index contributed by atoms with van der Waals surface area (Å²) in [5.74, 6) is 1.12. The predicted octanol–water partition coefficient (Wildman–Crippen LogP) is 3.07. The molecule has 1 heterocycles. The molecule has 1 N–H and O–H groups in total. The molecule has 0 bridgehead atoms. The van der Waals surface area contributed by atoms with Gasteiger partial charge in [-0.15, -0.1) is 5.10 Å². The molecule has 0 aliphatic carbocycles. The van der Waals surface area contributed by atoms with E-state index in [0.29, 0.717) is 11.7 Å². The molecule has 0 aliphatic heterocycles. The second-order valence-electron chi connectivity index (χ2n) is 4.30. The van der Waals surface area contributed by atoms with E-state index >= 15 is 0 Å². The molecule has 17 heavy (non-hydrogen) atoms. The van der Waals surface area contributed by atoms with Gasteiger partial charge in [-0.1, -0.05) is 38.1 Å². The summed E-state index contributed by atoms with van der Waals surface area (Å²) in [7, 11) is 0. The van der Waals surface area contributed by atoms with Crippen molar-refractivity contribution in [2.24, 2.45) is 11.0 Å². The largest absolute Gasteiger partial charge is 0.259 e. The van der Waals surface area contributed by atoms with Crippen LogP contribution in [0, 0.1) is 5.92 Å². The number of rotatable bonds is 3. The van der Waals surface area contributed by atoms with Gasteiger partial charge in [0.1, 0.15) is 0 Å². The van der Waals surface area contributed by atoms with Crippen molar-refractivity contribution in [2.45, 2.75) is 20.8 Å². The van der Waals surface area contributed by atoms with Crippen LogP contribution in [0.1, 0.15) is 20.8 Å². The quantitative estimate of drug-likeness (QED) is 0.648. The van der Waals surface area contributed by atoms with Crippen LogP contribution in [-0.2, 0) is 0 Å². The molecule has 2 rings (SSSR count). The lowest BCUT2D eigenvalue weighted by Crippen LogP contribution is -2.06. The summed E-state index contributed by atoms with van der Waals surface area (Å²) in [6.45, 7) is 6.21. The highest BCUT2D eigenvalue weighted by Crippen LogP contribution is 2.19. The Hall–Kier alpha value is -1.97. The lowest BCUT2D eigenvalue weighted by atomic mass is 10.1. The molecule has 0 saturated heterocycles. The van der Waals surface area contributed by atoms with Gasteiger partial charge in [0.05, 0.1) is 6.20 Å².